The van der Waals surface area contributed by atoms with E-state index in [1.54, 1.807) is 11.2 Å². The molecule has 0 unspecified atom stereocenters. The van der Waals surface area contributed by atoms with E-state index in [0.717, 1.165) is 43.7 Å². The van der Waals surface area contributed by atoms with Crippen molar-refractivity contribution >= 4 is 29.1 Å². The van der Waals surface area contributed by atoms with Gasteiger partial charge in [0.1, 0.15) is 25.8 Å². The number of para-hydroxylation sites is 1. The summed E-state index contributed by atoms with van der Waals surface area (Å²) in [5.41, 5.74) is 2.92. The number of fused-ring (bicyclic) bond motifs is 1. The third-order valence-electron chi connectivity index (χ3n) is 6.41. The van der Waals surface area contributed by atoms with Gasteiger partial charge in [0.25, 0.3) is 5.91 Å². The Morgan fingerprint density at radius 2 is 1.73 bits per heavy atom. The molecule has 0 saturated carbocycles. The van der Waals surface area contributed by atoms with Gasteiger partial charge in [0.2, 0.25) is 5.91 Å². The second-order valence-corrected chi connectivity index (χ2v) is 9.56. The standard InChI is InChI=1S/C27H33ClN6O3/c1-37-19-27(36)34-15-5-13-31(16-22-8-10-24(28)11-9-22)12-4-14-32(17-23-6-2-3-7-25(23)34)26(35)18-33-21-29-20-30-33/h2-3,6-11,20-21H,4-5,12-19H2,1H3. The first kappa shape index (κ1) is 26.8. The molecule has 0 aliphatic carbocycles. The quantitative estimate of drug-likeness (QED) is 0.492. The molecule has 1 aliphatic heterocycles. The fraction of sp³-hybridized carbons (Fsp3) is 0.407. The van der Waals surface area contributed by atoms with E-state index in [0.29, 0.717) is 24.7 Å². The number of nitrogens with zero attached hydrogens (tertiary/aromatic N) is 6. The molecule has 37 heavy (non-hydrogen) atoms. The molecule has 0 spiro atoms. The lowest BCUT2D eigenvalue weighted by Crippen LogP contribution is -2.40. The molecule has 0 atom stereocenters. The first-order valence-corrected chi connectivity index (χ1v) is 12.9. The molecular weight excluding hydrogens is 492 g/mol. The number of benzene rings is 2. The maximum absolute atomic E-state index is 13.3. The van der Waals surface area contributed by atoms with Crippen LogP contribution < -0.4 is 4.90 Å². The highest BCUT2D eigenvalue weighted by molar-refractivity contribution is 6.30. The SMILES string of the molecule is COCC(=O)N1CCCN(Cc2ccc(Cl)cc2)CCCN(C(=O)Cn2cncn2)Cc2ccccc21. The number of amides is 2. The number of halogens is 1. The van der Waals surface area contributed by atoms with Crippen LogP contribution in [0.4, 0.5) is 5.69 Å². The third kappa shape index (κ3) is 7.61. The Morgan fingerprint density at radius 1 is 0.973 bits per heavy atom. The van der Waals surface area contributed by atoms with Gasteiger partial charge in [-0.2, -0.15) is 5.10 Å². The highest BCUT2D eigenvalue weighted by atomic mass is 35.5. The van der Waals surface area contributed by atoms with E-state index in [4.69, 9.17) is 16.3 Å². The van der Waals surface area contributed by atoms with Gasteiger partial charge < -0.3 is 14.5 Å². The largest absolute Gasteiger partial charge is 0.375 e. The zero-order valence-electron chi connectivity index (χ0n) is 21.1. The minimum atomic E-state index is -0.100. The van der Waals surface area contributed by atoms with E-state index in [-0.39, 0.29) is 25.0 Å². The third-order valence-corrected chi connectivity index (χ3v) is 6.66. The van der Waals surface area contributed by atoms with Crippen molar-refractivity contribution in [1.82, 2.24) is 24.6 Å². The van der Waals surface area contributed by atoms with Crippen LogP contribution in [-0.2, 0) is 34.0 Å². The lowest BCUT2D eigenvalue weighted by atomic mass is 10.1. The second-order valence-electron chi connectivity index (χ2n) is 9.13. The molecule has 0 N–H and O–H groups in total. The van der Waals surface area contributed by atoms with Crippen LogP contribution in [0.3, 0.4) is 0 Å². The molecule has 4 rings (SSSR count). The summed E-state index contributed by atoms with van der Waals surface area (Å²) in [7, 11) is 1.53. The highest BCUT2D eigenvalue weighted by Crippen LogP contribution is 2.24. The number of rotatable bonds is 6. The maximum atomic E-state index is 13.3. The van der Waals surface area contributed by atoms with Gasteiger partial charge in [-0.1, -0.05) is 41.9 Å². The van der Waals surface area contributed by atoms with Crippen molar-refractivity contribution in [3.63, 3.8) is 0 Å². The van der Waals surface area contributed by atoms with Crippen LogP contribution >= 0.6 is 11.6 Å². The number of ether oxygens (including phenoxy) is 1. The van der Waals surface area contributed by atoms with Crippen LogP contribution in [0.2, 0.25) is 5.02 Å². The van der Waals surface area contributed by atoms with Crippen LogP contribution in [-0.4, -0.2) is 76.3 Å². The monoisotopic (exact) mass is 524 g/mol. The fourth-order valence-electron chi connectivity index (χ4n) is 4.59. The van der Waals surface area contributed by atoms with Gasteiger partial charge in [0, 0.05) is 57.1 Å². The van der Waals surface area contributed by atoms with Crippen LogP contribution in [0.15, 0.2) is 61.2 Å². The predicted molar refractivity (Wildman–Crippen MR) is 142 cm³/mol. The van der Waals surface area contributed by atoms with Crippen molar-refractivity contribution in [2.75, 3.05) is 44.8 Å². The van der Waals surface area contributed by atoms with Crippen molar-refractivity contribution in [3.05, 3.63) is 77.3 Å². The van der Waals surface area contributed by atoms with Gasteiger partial charge in [0.15, 0.2) is 0 Å². The Morgan fingerprint density at radius 3 is 2.46 bits per heavy atom. The zero-order valence-corrected chi connectivity index (χ0v) is 21.9. The van der Waals surface area contributed by atoms with Gasteiger partial charge in [-0.3, -0.25) is 14.5 Å². The van der Waals surface area contributed by atoms with Gasteiger partial charge in [-0.05, 0) is 42.2 Å². The Kier molecular flexibility index (Phi) is 9.65. The van der Waals surface area contributed by atoms with Crippen molar-refractivity contribution in [2.45, 2.75) is 32.5 Å². The molecule has 9 nitrogen and oxygen atoms in total. The minimum Gasteiger partial charge on any atom is -0.375 e. The van der Waals surface area contributed by atoms with Crippen molar-refractivity contribution < 1.29 is 14.3 Å². The molecule has 2 aromatic carbocycles. The number of carbonyl (C=O) groups is 2. The number of anilines is 1. The second kappa shape index (κ2) is 13.3. The normalized spacial score (nSPS) is 15.5. The number of carbonyl (C=O) groups excluding carboxylic acids is 2. The molecule has 0 fully saturated rings. The van der Waals surface area contributed by atoms with E-state index in [2.05, 4.69) is 15.0 Å². The number of hydrogen-bond donors (Lipinski definition) is 0. The summed E-state index contributed by atoms with van der Waals surface area (Å²) in [6.07, 6.45) is 4.60. The molecular formula is C27H33ClN6O3. The Balaban J connectivity index is 1.60. The van der Waals surface area contributed by atoms with Gasteiger partial charge in [0.05, 0.1) is 0 Å². The van der Waals surface area contributed by atoms with E-state index < -0.39 is 0 Å². The fourth-order valence-corrected chi connectivity index (χ4v) is 4.72. The van der Waals surface area contributed by atoms with Crippen molar-refractivity contribution in [1.29, 1.82) is 0 Å². The van der Waals surface area contributed by atoms with Crippen molar-refractivity contribution in [3.8, 4) is 0 Å². The molecule has 0 saturated heterocycles. The maximum Gasteiger partial charge on any atom is 0.252 e. The summed E-state index contributed by atoms with van der Waals surface area (Å²) in [6.45, 7) is 4.07. The van der Waals surface area contributed by atoms with Gasteiger partial charge in [-0.25, -0.2) is 9.67 Å². The average molecular weight is 525 g/mol. The van der Waals surface area contributed by atoms with Gasteiger partial charge in [-0.15, -0.1) is 0 Å². The minimum absolute atomic E-state index is 0.00222. The summed E-state index contributed by atoms with van der Waals surface area (Å²) in [5.74, 6) is -0.145. The molecule has 1 aromatic heterocycles. The van der Waals surface area contributed by atoms with E-state index in [9.17, 15) is 9.59 Å². The molecule has 2 heterocycles. The van der Waals surface area contributed by atoms with E-state index >= 15 is 0 Å². The van der Waals surface area contributed by atoms with E-state index in [1.807, 2.05) is 53.4 Å². The number of aromatic nitrogens is 3. The van der Waals surface area contributed by atoms with Crippen LogP contribution in [0.5, 0.6) is 0 Å². The van der Waals surface area contributed by atoms with Crippen LogP contribution in [0, 0.1) is 0 Å². The molecule has 10 heteroatoms. The Bertz CT molecular complexity index is 1160. The summed E-state index contributed by atoms with van der Waals surface area (Å²) >= 11 is 6.08. The predicted octanol–water partition coefficient (Wildman–Crippen LogP) is 3.24. The average Bonchev–Trinajstić information content (AvgIpc) is 3.40. The highest BCUT2D eigenvalue weighted by Gasteiger charge is 2.23. The molecule has 3 aromatic rings. The molecule has 1 aliphatic rings. The van der Waals surface area contributed by atoms with Crippen molar-refractivity contribution in [2.24, 2.45) is 0 Å². The Hall–Kier alpha value is -3.27. The molecule has 0 bridgehead atoms. The summed E-state index contributed by atoms with van der Waals surface area (Å²) in [5, 5.41) is 4.81. The summed E-state index contributed by atoms with van der Waals surface area (Å²) in [4.78, 5) is 36.4. The molecule has 196 valence electrons. The zero-order chi connectivity index (χ0) is 26.0. The summed E-state index contributed by atoms with van der Waals surface area (Å²) in [6, 6.07) is 15.7. The summed E-state index contributed by atoms with van der Waals surface area (Å²) < 4.78 is 6.71. The lowest BCUT2D eigenvalue weighted by molar-refractivity contribution is -0.132. The van der Waals surface area contributed by atoms with Gasteiger partial charge >= 0.3 is 0 Å². The smallest absolute Gasteiger partial charge is 0.252 e. The van der Waals surface area contributed by atoms with Crippen LogP contribution in [0.25, 0.3) is 0 Å². The first-order chi connectivity index (χ1) is 18.0. The lowest BCUT2D eigenvalue weighted by Gasteiger charge is -2.31. The topological polar surface area (TPSA) is 83.8 Å². The number of methoxy groups -OCH3 is 1. The Labute approximate surface area is 222 Å². The number of hydrogen-bond acceptors (Lipinski definition) is 6. The first-order valence-electron chi connectivity index (χ1n) is 12.5. The van der Waals surface area contributed by atoms with E-state index in [1.165, 1.54) is 23.7 Å². The molecule has 0 radical (unpaired) electrons. The van der Waals surface area contributed by atoms with Crippen LogP contribution in [0.1, 0.15) is 24.0 Å². The molecule has 2 amide bonds.